The Labute approximate surface area is 363 Å². The zero-order chi connectivity index (χ0) is 45.0. The molecule has 4 aliphatic rings. The second-order valence-corrected chi connectivity index (χ2v) is 17.2. The van der Waals surface area contributed by atoms with E-state index in [2.05, 4.69) is 30.8 Å². The molecule has 336 valence electrons. The van der Waals surface area contributed by atoms with Gasteiger partial charge in [-0.1, -0.05) is 0 Å². The molecule has 0 saturated carbocycles. The molecule has 2 amide bonds. The summed E-state index contributed by atoms with van der Waals surface area (Å²) >= 11 is 0. The highest BCUT2D eigenvalue weighted by Gasteiger charge is 2.40. The Kier molecular flexibility index (Phi) is 10.8. The fourth-order valence-corrected chi connectivity index (χ4v) is 8.51. The monoisotopic (exact) mass is 886 g/mol. The smallest absolute Gasteiger partial charge is 0.261 e. The van der Waals surface area contributed by atoms with Crippen molar-refractivity contribution in [1.82, 2.24) is 29.2 Å². The van der Waals surface area contributed by atoms with E-state index in [1.807, 2.05) is 9.80 Å². The molecular weight excluding hydrogens is 841 g/mol. The van der Waals surface area contributed by atoms with E-state index in [1.54, 1.807) is 75.0 Å². The van der Waals surface area contributed by atoms with Crippen LogP contribution in [0.15, 0.2) is 73.6 Å². The van der Waals surface area contributed by atoms with Gasteiger partial charge in [-0.2, -0.15) is 10.2 Å². The minimum absolute atomic E-state index is 0.157. The summed E-state index contributed by atoms with van der Waals surface area (Å²) < 4.78 is 69.9. The van der Waals surface area contributed by atoms with Crippen LogP contribution in [0.3, 0.4) is 0 Å². The van der Waals surface area contributed by atoms with E-state index >= 15 is 0 Å². The van der Waals surface area contributed by atoms with Crippen LogP contribution in [-0.4, -0.2) is 114 Å². The lowest BCUT2D eigenvalue weighted by Crippen LogP contribution is -2.39. The fraction of sp³-hybridized carbons (Fsp3) is 0.409. The molecule has 10 rings (SSSR count). The predicted molar refractivity (Wildman–Crippen MR) is 227 cm³/mol. The van der Waals surface area contributed by atoms with Crippen LogP contribution >= 0.6 is 0 Å². The molecule has 4 N–H and O–H groups in total. The van der Waals surface area contributed by atoms with Crippen LogP contribution in [0.5, 0.6) is 11.5 Å². The fourth-order valence-electron chi connectivity index (χ4n) is 8.51. The van der Waals surface area contributed by atoms with Crippen molar-refractivity contribution in [2.45, 2.75) is 75.4 Å². The number of halogens is 4. The molecule has 64 heavy (non-hydrogen) atoms. The van der Waals surface area contributed by atoms with Crippen LogP contribution in [-0.2, 0) is 12.8 Å². The van der Waals surface area contributed by atoms with Gasteiger partial charge in [-0.15, -0.1) is 0 Å². The third-order valence-electron chi connectivity index (χ3n) is 12.1. The standard InChI is InChI=1S/2C22H23F2N5O3/c2*1-21(13-30)11-14-9-16(27-20(31)15-12-26-29-6-2-5-25-19(15)29)17(10-18(14)32-21)28-7-3-22(23,24)4-8-28/h2*2,5-6,9-10,12,30H,3-4,7-8,11,13H2,1H3,(H,27,31)/t2*21-/m10/s1. The van der Waals surface area contributed by atoms with E-state index in [-0.39, 0.29) is 65.1 Å². The number of nitrogens with zero attached hydrogens (tertiary/aromatic N) is 8. The van der Waals surface area contributed by atoms with Crippen molar-refractivity contribution < 1.29 is 46.8 Å². The number of alkyl halides is 4. The van der Waals surface area contributed by atoms with Crippen molar-refractivity contribution in [2.75, 3.05) is 59.8 Å². The van der Waals surface area contributed by atoms with Gasteiger partial charge in [0.2, 0.25) is 0 Å². The maximum absolute atomic E-state index is 13.7. The Morgan fingerprint density at radius 1 is 0.656 bits per heavy atom. The molecular formula is C44H46F4N10O6. The number of hydrogen-bond acceptors (Lipinski definition) is 12. The third kappa shape index (κ3) is 8.46. The summed E-state index contributed by atoms with van der Waals surface area (Å²) in [5.74, 6) is -5.00. The van der Waals surface area contributed by atoms with Crippen LogP contribution < -0.4 is 29.9 Å². The van der Waals surface area contributed by atoms with Crippen molar-refractivity contribution >= 4 is 45.9 Å². The number of carbonyl (C=O) groups is 2. The summed E-state index contributed by atoms with van der Waals surface area (Å²) in [4.78, 5) is 38.3. The van der Waals surface area contributed by atoms with Crippen LogP contribution in [0.25, 0.3) is 11.3 Å². The molecule has 4 aliphatic heterocycles. The highest BCUT2D eigenvalue weighted by Crippen LogP contribution is 2.45. The summed E-state index contributed by atoms with van der Waals surface area (Å²) in [6.07, 6.45) is 9.34. The van der Waals surface area contributed by atoms with E-state index in [1.165, 1.54) is 21.4 Å². The number of aliphatic hydroxyl groups excluding tert-OH is 2. The van der Waals surface area contributed by atoms with Gasteiger partial charge in [0.15, 0.2) is 11.3 Å². The van der Waals surface area contributed by atoms with Crippen LogP contribution in [0.1, 0.15) is 71.4 Å². The van der Waals surface area contributed by atoms with Gasteiger partial charge in [0.1, 0.15) is 33.8 Å². The highest BCUT2D eigenvalue weighted by molar-refractivity contribution is 6.10. The first-order valence-corrected chi connectivity index (χ1v) is 20.9. The molecule has 2 fully saturated rings. The van der Waals surface area contributed by atoms with E-state index in [9.17, 15) is 37.4 Å². The van der Waals surface area contributed by atoms with Gasteiger partial charge in [0.25, 0.3) is 23.7 Å². The van der Waals surface area contributed by atoms with Crippen molar-refractivity contribution in [2.24, 2.45) is 0 Å². The number of anilines is 4. The van der Waals surface area contributed by atoms with Crippen LogP contribution in [0.4, 0.5) is 40.3 Å². The predicted octanol–water partition coefficient (Wildman–Crippen LogP) is 5.81. The maximum Gasteiger partial charge on any atom is 0.261 e. The Bertz CT molecular complexity index is 2560. The summed E-state index contributed by atoms with van der Waals surface area (Å²) in [7, 11) is 0. The molecule has 2 atom stereocenters. The SMILES string of the molecule is C[C@@]1(CO)Cc2cc(NC(=O)c3cnn4cccnc34)c(N3CCC(F)(F)CC3)cc2O1.C[C@]1(CO)Cc2cc(NC(=O)c3cnn4cccnc34)c(N3CCC(F)(F)CC3)cc2O1. The van der Waals surface area contributed by atoms with E-state index < -0.39 is 34.9 Å². The summed E-state index contributed by atoms with van der Waals surface area (Å²) in [6, 6.07) is 10.6. The molecule has 6 aromatic rings. The molecule has 8 heterocycles. The lowest BCUT2D eigenvalue weighted by atomic mass is 9.99. The number of benzene rings is 2. The number of aromatic nitrogens is 6. The number of hydrogen-bond donors (Lipinski definition) is 4. The van der Waals surface area contributed by atoms with Crippen LogP contribution in [0, 0.1) is 0 Å². The second kappa shape index (κ2) is 16.2. The lowest BCUT2D eigenvalue weighted by Gasteiger charge is -2.34. The average Bonchev–Trinajstić information content (AvgIpc) is 4.06. The number of ether oxygens (including phenoxy) is 2. The Hall–Kier alpha value is -6.54. The normalized spacial score (nSPS) is 21.9. The van der Waals surface area contributed by atoms with Crippen molar-refractivity contribution in [1.29, 1.82) is 0 Å². The third-order valence-corrected chi connectivity index (χ3v) is 12.1. The van der Waals surface area contributed by atoms with E-state index in [0.717, 1.165) is 11.1 Å². The molecule has 0 bridgehead atoms. The van der Waals surface area contributed by atoms with Gasteiger partial charge in [-0.05, 0) is 38.1 Å². The number of aliphatic hydroxyl groups is 2. The summed E-state index contributed by atoms with van der Waals surface area (Å²) in [5.41, 5.74) is 3.81. The number of amides is 2. The molecule has 2 saturated heterocycles. The molecule has 0 radical (unpaired) electrons. The molecule has 0 aliphatic carbocycles. The molecule has 2 aromatic carbocycles. The molecule has 16 nitrogen and oxygen atoms in total. The topological polar surface area (TPSA) is 184 Å². The van der Waals surface area contributed by atoms with Gasteiger partial charge in [-0.3, -0.25) is 9.59 Å². The Morgan fingerprint density at radius 2 is 1.05 bits per heavy atom. The van der Waals surface area contributed by atoms with Gasteiger partial charge in [0, 0.05) is 113 Å². The number of piperidine rings is 2. The number of fused-ring (bicyclic) bond motifs is 4. The average molecular weight is 887 g/mol. The second-order valence-electron chi connectivity index (χ2n) is 17.2. The first-order chi connectivity index (χ1) is 30.5. The largest absolute Gasteiger partial charge is 0.484 e. The maximum atomic E-state index is 13.7. The zero-order valence-electron chi connectivity index (χ0n) is 35.0. The number of rotatable bonds is 8. The van der Waals surface area contributed by atoms with Crippen molar-refractivity contribution in [3.05, 3.63) is 95.8 Å². The summed E-state index contributed by atoms with van der Waals surface area (Å²) in [5, 5.41) is 33.6. The van der Waals surface area contributed by atoms with Gasteiger partial charge < -0.3 is 40.1 Å². The van der Waals surface area contributed by atoms with Gasteiger partial charge in [-0.25, -0.2) is 36.6 Å². The lowest BCUT2D eigenvalue weighted by molar-refractivity contribution is -0.0226. The first-order valence-electron chi connectivity index (χ1n) is 20.9. The van der Waals surface area contributed by atoms with Crippen molar-refractivity contribution in [3.8, 4) is 11.5 Å². The highest BCUT2D eigenvalue weighted by atomic mass is 19.3. The minimum Gasteiger partial charge on any atom is -0.484 e. The van der Waals surface area contributed by atoms with Crippen LogP contribution in [0.2, 0.25) is 0 Å². The molecule has 0 spiro atoms. The van der Waals surface area contributed by atoms with E-state index in [0.29, 0.717) is 69.5 Å². The number of carbonyl (C=O) groups excluding carboxylic acids is 2. The van der Waals surface area contributed by atoms with Crippen molar-refractivity contribution in [3.63, 3.8) is 0 Å². The number of nitrogens with one attached hydrogen (secondary N) is 2. The first kappa shape index (κ1) is 42.7. The molecule has 20 heteroatoms. The molecule has 0 unspecified atom stereocenters. The summed E-state index contributed by atoms with van der Waals surface area (Å²) in [6.45, 7) is 3.91. The quantitative estimate of drug-likeness (QED) is 0.135. The van der Waals surface area contributed by atoms with E-state index in [4.69, 9.17) is 9.47 Å². The Balaban J connectivity index is 0.000000162. The zero-order valence-corrected chi connectivity index (χ0v) is 35.0. The minimum atomic E-state index is -2.69. The van der Waals surface area contributed by atoms with Gasteiger partial charge in [0.05, 0.1) is 48.4 Å². The molecule has 4 aromatic heterocycles. The Morgan fingerprint density at radius 3 is 1.42 bits per heavy atom. The van der Waals surface area contributed by atoms with Gasteiger partial charge >= 0.3 is 0 Å².